The number of hydrogen-bond acceptors (Lipinski definition) is 5. The van der Waals surface area contributed by atoms with Crippen LogP contribution in [0, 0.1) is 0 Å². The van der Waals surface area contributed by atoms with Crippen molar-refractivity contribution in [3.63, 3.8) is 0 Å². The highest BCUT2D eigenvalue weighted by Crippen LogP contribution is 2.33. The molecule has 0 fully saturated rings. The van der Waals surface area contributed by atoms with Crippen LogP contribution >= 0.6 is 23.4 Å². The number of hydrogen-bond donors (Lipinski definition) is 0. The lowest BCUT2D eigenvalue weighted by atomic mass is 10.2. The van der Waals surface area contributed by atoms with Crippen LogP contribution < -0.4 is 0 Å². The summed E-state index contributed by atoms with van der Waals surface area (Å²) in [5.41, 5.74) is -1.42. The highest BCUT2D eigenvalue weighted by molar-refractivity contribution is 7.99. The summed E-state index contributed by atoms with van der Waals surface area (Å²) in [6, 6.07) is 15.1. The molecule has 4 nitrogen and oxygen atoms in total. The Labute approximate surface area is 167 Å². The Morgan fingerprint density at radius 1 is 1.07 bits per heavy atom. The number of nitrogens with zero attached hydrogens (tertiary/aromatic N) is 2. The van der Waals surface area contributed by atoms with Gasteiger partial charge in [-0.05, 0) is 41.6 Å². The van der Waals surface area contributed by atoms with Crippen molar-refractivity contribution >= 4 is 29.3 Å². The first-order valence-corrected chi connectivity index (χ1v) is 9.11. The summed E-state index contributed by atoms with van der Waals surface area (Å²) < 4.78 is 45.2. The Morgan fingerprint density at radius 2 is 1.75 bits per heavy atom. The maximum atomic E-state index is 13.4. The maximum absolute atomic E-state index is 13.4. The quantitative estimate of drug-likeness (QED) is 0.391. The van der Waals surface area contributed by atoms with Crippen molar-refractivity contribution in [3.05, 3.63) is 82.6 Å². The van der Waals surface area contributed by atoms with Crippen LogP contribution in [0.1, 0.15) is 21.6 Å². The van der Waals surface area contributed by atoms with E-state index in [-0.39, 0.29) is 11.8 Å². The van der Waals surface area contributed by atoms with Crippen LogP contribution in [-0.4, -0.2) is 15.9 Å². The predicted octanol–water partition coefficient (Wildman–Crippen LogP) is 5.66. The zero-order valence-electron chi connectivity index (χ0n) is 14.1. The molecule has 2 aromatic carbocycles. The molecule has 0 amide bonds. The van der Waals surface area contributed by atoms with Gasteiger partial charge in [-0.15, -0.1) is 0 Å². The normalized spacial score (nSPS) is 11.3. The first kappa shape index (κ1) is 20.2. The van der Waals surface area contributed by atoms with E-state index in [4.69, 9.17) is 16.3 Å². The van der Waals surface area contributed by atoms with Gasteiger partial charge in [0.25, 0.3) is 0 Å². The second-order valence-electron chi connectivity index (χ2n) is 5.53. The van der Waals surface area contributed by atoms with Gasteiger partial charge in [0.05, 0.1) is 0 Å². The van der Waals surface area contributed by atoms with Crippen LogP contribution in [0.4, 0.5) is 13.2 Å². The summed E-state index contributed by atoms with van der Waals surface area (Å²) in [6.45, 7) is -0.155. The first-order chi connectivity index (χ1) is 13.3. The van der Waals surface area contributed by atoms with Crippen molar-refractivity contribution in [2.24, 2.45) is 0 Å². The third kappa shape index (κ3) is 5.24. The largest absolute Gasteiger partial charge is 0.457 e. The standard InChI is InChI=1S/C19H12ClF3N2O2S/c20-13-6-8-14(9-7-13)28-18-24-10-15(16(25-18)19(21,22)23)17(26)27-11-12-4-2-1-3-5-12/h1-10H,11H2. The molecule has 3 aromatic rings. The number of esters is 1. The van der Waals surface area contributed by atoms with Gasteiger partial charge in [0.15, 0.2) is 10.9 Å². The summed E-state index contributed by atoms with van der Waals surface area (Å²) in [5, 5.41) is 0.354. The topological polar surface area (TPSA) is 52.1 Å². The molecule has 1 heterocycles. The van der Waals surface area contributed by atoms with E-state index in [1.807, 2.05) is 0 Å². The van der Waals surface area contributed by atoms with Crippen LogP contribution in [0.15, 0.2) is 70.8 Å². The second-order valence-corrected chi connectivity index (χ2v) is 7.01. The average Bonchev–Trinajstić information content (AvgIpc) is 2.68. The van der Waals surface area contributed by atoms with Crippen molar-refractivity contribution in [3.8, 4) is 0 Å². The highest BCUT2D eigenvalue weighted by atomic mass is 35.5. The summed E-state index contributed by atoms with van der Waals surface area (Å²) in [6.07, 6.45) is -4.00. The molecule has 0 radical (unpaired) electrons. The minimum atomic E-state index is -4.83. The third-order valence-electron chi connectivity index (χ3n) is 3.49. The molecule has 0 atom stereocenters. The van der Waals surface area contributed by atoms with E-state index in [2.05, 4.69) is 9.97 Å². The molecule has 0 aliphatic heterocycles. The van der Waals surface area contributed by atoms with Crippen LogP contribution in [0.25, 0.3) is 0 Å². The van der Waals surface area contributed by atoms with E-state index in [0.717, 1.165) is 18.0 Å². The van der Waals surface area contributed by atoms with E-state index in [9.17, 15) is 18.0 Å². The molecule has 28 heavy (non-hydrogen) atoms. The van der Waals surface area contributed by atoms with Crippen LogP contribution in [-0.2, 0) is 17.5 Å². The predicted molar refractivity (Wildman–Crippen MR) is 98.2 cm³/mol. The maximum Gasteiger partial charge on any atom is 0.434 e. The molecule has 3 rings (SSSR count). The number of carbonyl (C=O) groups is 1. The monoisotopic (exact) mass is 424 g/mol. The zero-order valence-corrected chi connectivity index (χ0v) is 15.7. The Bertz CT molecular complexity index is 967. The van der Waals surface area contributed by atoms with Crippen LogP contribution in [0.5, 0.6) is 0 Å². The lowest BCUT2D eigenvalue weighted by Crippen LogP contribution is -2.18. The van der Waals surface area contributed by atoms with E-state index >= 15 is 0 Å². The fraction of sp³-hybridized carbons (Fsp3) is 0.105. The van der Waals surface area contributed by atoms with Crippen LogP contribution in [0.2, 0.25) is 5.02 Å². The minimum Gasteiger partial charge on any atom is -0.457 e. The fourth-order valence-electron chi connectivity index (χ4n) is 2.19. The molecule has 0 saturated heterocycles. The van der Waals surface area contributed by atoms with Crippen LogP contribution in [0.3, 0.4) is 0 Å². The fourth-order valence-corrected chi connectivity index (χ4v) is 3.04. The van der Waals surface area contributed by atoms with Gasteiger partial charge in [0, 0.05) is 16.1 Å². The molecule has 1 aromatic heterocycles. The Kier molecular flexibility index (Phi) is 6.21. The summed E-state index contributed by atoms with van der Waals surface area (Å²) in [7, 11) is 0. The van der Waals surface area contributed by atoms with Gasteiger partial charge in [-0.3, -0.25) is 0 Å². The van der Waals surface area contributed by atoms with Gasteiger partial charge in [-0.25, -0.2) is 14.8 Å². The van der Waals surface area contributed by atoms with Crippen molar-refractivity contribution in [2.45, 2.75) is 22.8 Å². The third-order valence-corrected chi connectivity index (χ3v) is 4.63. The second kappa shape index (κ2) is 8.62. The minimum absolute atomic E-state index is 0.144. The number of ether oxygens (including phenoxy) is 1. The molecule has 9 heteroatoms. The van der Waals surface area contributed by atoms with Gasteiger partial charge >= 0.3 is 12.1 Å². The van der Waals surface area contributed by atoms with E-state index in [0.29, 0.717) is 15.5 Å². The molecular formula is C19H12ClF3N2O2S. The molecule has 0 aliphatic rings. The summed E-state index contributed by atoms with van der Waals surface area (Å²) >= 11 is 6.71. The number of halogens is 4. The molecule has 144 valence electrons. The zero-order chi connectivity index (χ0) is 20.1. The lowest BCUT2D eigenvalue weighted by Gasteiger charge is -2.12. The molecule has 0 aliphatic carbocycles. The summed E-state index contributed by atoms with van der Waals surface area (Å²) in [4.78, 5) is 20.2. The van der Waals surface area contributed by atoms with Gasteiger partial charge in [-0.1, -0.05) is 41.9 Å². The van der Waals surface area contributed by atoms with E-state index in [1.54, 1.807) is 54.6 Å². The number of benzene rings is 2. The average molecular weight is 425 g/mol. The lowest BCUT2D eigenvalue weighted by molar-refractivity contribution is -0.142. The molecular weight excluding hydrogens is 413 g/mol. The van der Waals surface area contributed by atoms with Gasteiger partial charge in [0.2, 0.25) is 0 Å². The van der Waals surface area contributed by atoms with E-state index < -0.39 is 23.4 Å². The Balaban J connectivity index is 1.82. The van der Waals surface area contributed by atoms with Crippen molar-refractivity contribution in [1.29, 1.82) is 0 Å². The Hall–Kier alpha value is -2.58. The van der Waals surface area contributed by atoms with Crippen molar-refractivity contribution in [2.75, 3.05) is 0 Å². The number of rotatable bonds is 5. The first-order valence-electron chi connectivity index (χ1n) is 7.91. The smallest absolute Gasteiger partial charge is 0.434 e. The van der Waals surface area contributed by atoms with E-state index in [1.165, 1.54) is 0 Å². The SMILES string of the molecule is O=C(OCc1ccccc1)c1cnc(Sc2ccc(Cl)cc2)nc1C(F)(F)F. The number of aromatic nitrogens is 2. The van der Waals surface area contributed by atoms with Crippen molar-refractivity contribution in [1.82, 2.24) is 9.97 Å². The number of carbonyl (C=O) groups excluding carboxylic acids is 1. The van der Waals surface area contributed by atoms with Crippen molar-refractivity contribution < 1.29 is 22.7 Å². The number of alkyl halides is 3. The van der Waals surface area contributed by atoms with Gasteiger partial charge < -0.3 is 4.74 Å². The molecule has 0 spiro atoms. The summed E-state index contributed by atoms with van der Waals surface area (Å²) in [5.74, 6) is -1.14. The highest BCUT2D eigenvalue weighted by Gasteiger charge is 2.38. The molecule has 0 N–H and O–H groups in total. The molecule has 0 saturated carbocycles. The van der Waals surface area contributed by atoms with Gasteiger partial charge in [-0.2, -0.15) is 13.2 Å². The molecule has 0 unspecified atom stereocenters. The Morgan fingerprint density at radius 3 is 2.39 bits per heavy atom. The molecule has 0 bridgehead atoms. The van der Waals surface area contributed by atoms with Gasteiger partial charge in [0.1, 0.15) is 12.2 Å².